The van der Waals surface area contributed by atoms with Crippen LogP contribution >= 0.6 is 0 Å². The molecule has 0 aliphatic carbocycles. The van der Waals surface area contributed by atoms with E-state index in [1.807, 2.05) is 0 Å². The average Bonchev–Trinajstić information content (AvgIpc) is 2.58. The summed E-state index contributed by atoms with van der Waals surface area (Å²) >= 11 is 0. The average molecular weight is 531 g/mol. The van der Waals surface area contributed by atoms with E-state index in [1.54, 1.807) is 0 Å². The van der Waals surface area contributed by atoms with Crippen molar-refractivity contribution in [3.05, 3.63) is 12.2 Å². The summed E-state index contributed by atoms with van der Waals surface area (Å²) in [5.74, 6) is -58.6. The molecule has 0 radical (unpaired) electrons. The zero-order valence-corrected chi connectivity index (χ0v) is 15.7. The van der Waals surface area contributed by atoms with E-state index in [4.69, 9.17) is 0 Å². The molecule has 0 aromatic heterocycles. The monoisotopic (exact) mass is 531 g/mol. The summed E-state index contributed by atoms with van der Waals surface area (Å²) in [6.07, 6.45) is -7.80. The molecule has 33 heavy (non-hydrogen) atoms. The van der Waals surface area contributed by atoms with Crippen molar-refractivity contribution in [3.8, 4) is 0 Å². The fraction of sp³-hybridized carbons (Fsp3) is 0.786. The van der Waals surface area contributed by atoms with Gasteiger partial charge in [-0.3, -0.25) is 4.79 Å². The topological polar surface area (TPSA) is 20.3 Å². The molecule has 0 aromatic carbocycles. The molecule has 0 unspecified atom stereocenters. The summed E-state index contributed by atoms with van der Waals surface area (Å²) in [5, 5.41) is 0. The largest absolute Gasteiger partial charge is 0.460 e. The van der Waals surface area contributed by atoms with Gasteiger partial charge in [-0.2, -0.15) is 74.6 Å². The Morgan fingerprint density at radius 3 is 1.15 bits per heavy atom. The maximum Gasteiger partial charge on any atom is 0.460 e. The van der Waals surface area contributed by atoms with E-state index in [0.29, 0.717) is 0 Å². The van der Waals surface area contributed by atoms with Crippen LogP contribution in [0.5, 0.6) is 0 Å². The number of carbonyl (C=O) groups is 1. The van der Waals surface area contributed by atoms with E-state index in [-0.39, 0.29) is 7.05 Å². The first kappa shape index (κ1) is 31.0. The SMILES string of the molecule is C=C(C)C(=O)N(C)CC(F)(F)C(F)(F)C(F)(F)C(F)(F)C(F)(F)C(F)(F)C(F)(F)C(F)(F)F. The summed E-state index contributed by atoms with van der Waals surface area (Å²) in [5.41, 5.74) is -0.728. The Morgan fingerprint density at radius 1 is 0.606 bits per heavy atom. The molecule has 0 saturated carbocycles. The maximum absolute atomic E-state index is 13.7. The predicted octanol–water partition coefficient (Wildman–Crippen LogP) is 6.03. The van der Waals surface area contributed by atoms with Crippen molar-refractivity contribution in [2.24, 2.45) is 0 Å². The quantitative estimate of drug-likeness (QED) is 0.263. The van der Waals surface area contributed by atoms with Crippen molar-refractivity contribution < 1.29 is 79.4 Å². The smallest absolute Gasteiger partial charge is 0.336 e. The van der Waals surface area contributed by atoms with Gasteiger partial charge in [-0.15, -0.1) is 0 Å². The molecule has 0 aliphatic rings. The second kappa shape index (κ2) is 8.06. The number of nitrogens with zero attached hydrogens (tertiary/aromatic N) is 1. The minimum absolute atomic E-state index is 0.171. The number of carbonyl (C=O) groups excluding carboxylic acids is 1. The van der Waals surface area contributed by atoms with Gasteiger partial charge in [0.1, 0.15) is 0 Å². The Hall–Kier alpha value is -1.98. The van der Waals surface area contributed by atoms with Crippen molar-refractivity contribution in [3.63, 3.8) is 0 Å². The molecule has 0 N–H and O–H groups in total. The van der Waals surface area contributed by atoms with E-state index in [1.165, 1.54) is 0 Å². The maximum atomic E-state index is 13.7. The molecule has 1 amide bonds. The molecule has 0 spiro atoms. The van der Waals surface area contributed by atoms with Gasteiger partial charge in [-0.05, 0) is 6.92 Å². The van der Waals surface area contributed by atoms with Crippen molar-refractivity contribution in [1.82, 2.24) is 4.90 Å². The summed E-state index contributed by atoms with van der Waals surface area (Å²) < 4.78 is 222. The number of rotatable bonds is 9. The first-order valence-electron chi connectivity index (χ1n) is 7.61. The minimum Gasteiger partial charge on any atom is -0.336 e. The van der Waals surface area contributed by atoms with Crippen LogP contribution in [-0.4, -0.2) is 72.0 Å². The fourth-order valence-corrected chi connectivity index (χ4v) is 1.99. The summed E-state index contributed by atoms with van der Waals surface area (Å²) in [6, 6.07) is 0. The van der Waals surface area contributed by atoms with Crippen molar-refractivity contribution in [2.45, 2.75) is 54.6 Å². The first-order chi connectivity index (χ1) is 14.0. The Labute approximate surface area is 172 Å². The van der Waals surface area contributed by atoms with Crippen LogP contribution in [0.1, 0.15) is 6.92 Å². The normalized spacial score (nSPS) is 15.5. The van der Waals surface area contributed by atoms with Crippen LogP contribution in [0.15, 0.2) is 12.2 Å². The number of alkyl halides is 17. The number of halogens is 17. The molecular weight excluding hydrogens is 521 g/mol. The predicted molar refractivity (Wildman–Crippen MR) is 73.1 cm³/mol. The number of likely N-dealkylation sites (N-methyl/N-ethyl adjacent to an activating group) is 1. The van der Waals surface area contributed by atoms with Crippen LogP contribution in [0.3, 0.4) is 0 Å². The summed E-state index contributed by atoms with van der Waals surface area (Å²) in [7, 11) is 0.171. The number of amides is 1. The first-order valence-corrected chi connectivity index (χ1v) is 7.61. The lowest BCUT2D eigenvalue weighted by molar-refractivity contribution is -0.461. The van der Waals surface area contributed by atoms with E-state index >= 15 is 0 Å². The van der Waals surface area contributed by atoms with Gasteiger partial charge in [0.05, 0.1) is 6.54 Å². The van der Waals surface area contributed by atoms with Gasteiger partial charge in [-0.25, -0.2) is 0 Å². The second-order valence-electron chi connectivity index (χ2n) is 6.59. The zero-order valence-electron chi connectivity index (χ0n) is 15.7. The lowest BCUT2D eigenvalue weighted by Crippen LogP contribution is -2.75. The molecule has 0 rings (SSSR count). The number of hydrogen-bond acceptors (Lipinski definition) is 1. The van der Waals surface area contributed by atoms with Crippen LogP contribution in [0, 0.1) is 0 Å². The van der Waals surface area contributed by atoms with Crippen LogP contribution in [0.2, 0.25) is 0 Å². The molecule has 0 atom stereocenters. The third kappa shape index (κ3) is 4.30. The Kier molecular flexibility index (Phi) is 7.57. The highest BCUT2D eigenvalue weighted by Gasteiger charge is 2.95. The van der Waals surface area contributed by atoms with Crippen molar-refractivity contribution in [2.75, 3.05) is 13.6 Å². The molecule has 0 heterocycles. The summed E-state index contributed by atoms with van der Waals surface area (Å²) in [4.78, 5) is 10.7. The molecular formula is C14H10F17NO. The van der Waals surface area contributed by atoms with Gasteiger partial charge in [0.2, 0.25) is 5.91 Å². The van der Waals surface area contributed by atoms with Crippen LogP contribution < -0.4 is 0 Å². The van der Waals surface area contributed by atoms with E-state index in [0.717, 1.165) is 6.92 Å². The lowest BCUT2D eigenvalue weighted by Gasteiger charge is -2.43. The van der Waals surface area contributed by atoms with E-state index in [2.05, 4.69) is 6.58 Å². The summed E-state index contributed by atoms with van der Waals surface area (Å²) in [6.45, 7) is 0.612. The van der Waals surface area contributed by atoms with Crippen molar-refractivity contribution >= 4 is 5.91 Å². The zero-order chi connectivity index (χ0) is 27.4. The van der Waals surface area contributed by atoms with E-state index in [9.17, 15) is 79.4 Å². The molecule has 0 fully saturated rings. The van der Waals surface area contributed by atoms with Crippen LogP contribution in [0.4, 0.5) is 74.6 Å². The highest BCUT2D eigenvalue weighted by atomic mass is 19.4. The van der Waals surface area contributed by atoms with Crippen molar-refractivity contribution in [1.29, 1.82) is 0 Å². The van der Waals surface area contributed by atoms with E-state index < -0.39 is 70.6 Å². The molecule has 0 saturated heterocycles. The fourth-order valence-electron chi connectivity index (χ4n) is 1.99. The van der Waals surface area contributed by atoms with Gasteiger partial charge in [0, 0.05) is 12.6 Å². The highest BCUT2D eigenvalue weighted by Crippen LogP contribution is 2.63. The molecule has 0 bridgehead atoms. The van der Waals surface area contributed by atoms with Gasteiger partial charge in [-0.1, -0.05) is 6.58 Å². The molecule has 19 heteroatoms. The second-order valence-corrected chi connectivity index (χ2v) is 6.59. The standard InChI is InChI=1S/C14H10F17NO/c1-5(2)6(33)32(3)4-7(15,16)8(17,18)9(19,20)10(21,22)11(23,24)12(25,26)13(27,28)14(29,30)31/h1,4H2,2-3H3. The van der Waals surface area contributed by atoms with Crippen LogP contribution in [0.25, 0.3) is 0 Å². The molecule has 196 valence electrons. The Balaban J connectivity index is 6.64. The number of hydrogen-bond donors (Lipinski definition) is 0. The molecule has 2 nitrogen and oxygen atoms in total. The van der Waals surface area contributed by atoms with Gasteiger partial charge < -0.3 is 4.90 Å². The van der Waals surface area contributed by atoms with Crippen LogP contribution in [-0.2, 0) is 4.79 Å². The third-order valence-electron chi connectivity index (χ3n) is 3.93. The Bertz CT molecular complexity index is 766. The lowest BCUT2D eigenvalue weighted by atomic mass is 9.89. The van der Waals surface area contributed by atoms with Gasteiger partial charge >= 0.3 is 47.6 Å². The van der Waals surface area contributed by atoms with Gasteiger partial charge in [0.25, 0.3) is 0 Å². The highest BCUT2D eigenvalue weighted by molar-refractivity contribution is 5.92. The molecule has 0 aromatic rings. The van der Waals surface area contributed by atoms with Gasteiger partial charge in [0.15, 0.2) is 0 Å². The third-order valence-corrected chi connectivity index (χ3v) is 3.93. The molecule has 0 aliphatic heterocycles. The Morgan fingerprint density at radius 2 is 0.879 bits per heavy atom. The minimum atomic E-state index is -8.68.